The third-order valence-electron chi connectivity index (χ3n) is 8.42. The van der Waals surface area contributed by atoms with Gasteiger partial charge >= 0.3 is 11.8 Å². The summed E-state index contributed by atoms with van der Waals surface area (Å²) < 4.78 is 11.8. The van der Waals surface area contributed by atoms with Gasteiger partial charge in [-0.25, -0.2) is 14.3 Å². The lowest BCUT2D eigenvalue weighted by atomic mass is 9.84. The number of ether oxygens (including phenoxy) is 2. The average molecular weight is 643 g/mol. The summed E-state index contributed by atoms with van der Waals surface area (Å²) in [6, 6.07) is 27.9. The molecule has 4 aromatic rings. The molecule has 2 atom stereocenters. The highest BCUT2D eigenvalue weighted by molar-refractivity contribution is 8.00. The van der Waals surface area contributed by atoms with Crippen molar-refractivity contribution in [2.75, 3.05) is 26.0 Å². The molecular weight excluding hydrogens is 604 g/mol. The number of imidazole rings is 1. The minimum atomic E-state index is -0.687. The number of nitrogens with zero attached hydrogens (tertiary/aromatic N) is 4. The van der Waals surface area contributed by atoms with Gasteiger partial charge in [0.1, 0.15) is 31.1 Å². The highest BCUT2D eigenvalue weighted by Gasteiger charge is 2.40. The second kappa shape index (κ2) is 14.6. The van der Waals surface area contributed by atoms with Crippen molar-refractivity contribution in [3.63, 3.8) is 0 Å². The number of aryl methyl sites for hydroxylation is 1. The number of carbonyl (C=O) groups is 2. The number of nitro groups is 1. The Labute approximate surface area is 272 Å². The van der Waals surface area contributed by atoms with E-state index < -0.39 is 21.7 Å². The summed E-state index contributed by atoms with van der Waals surface area (Å²) in [5, 5.41) is 11.3. The average Bonchev–Trinajstić information content (AvgIpc) is 3.73. The van der Waals surface area contributed by atoms with Crippen molar-refractivity contribution < 1.29 is 24.0 Å². The molecule has 0 aliphatic carbocycles. The molecule has 1 saturated heterocycles. The molecule has 1 fully saturated rings. The number of rotatable bonds is 13. The second-order valence-corrected chi connectivity index (χ2v) is 12.5. The zero-order valence-electron chi connectivity index (χ0n) is 26.2. The first kappa shape index (κ1) is 32.7. The maximum Gasteiger partial charge on any atom is 0.342 e. The fourth-order valence-corrected chi connectivity index (χ4v) is 7.56. The van der Waals surface area contributed by atoms with Gasteiger partial charge in [-0.3, -0.25) is 4.79 Å². The molecule has 10 nitrogen and oxygen atoms in total. The minimum Gasteiger partial charge on any atom is -0.497 e. The summed E-state index contributed by atoms with van der Waals surface area (Å²) in [6.07, 6.45) is 2.40. The van der Waals surface area contributed by atoms with Crippen molar-refractivity contribution in [3.05, 3.63) is 124 Å². The molecule has 1 aliphatic heterocycles. The topological polar surface area (TPSA) is 117 Å². The van der Waals surface area contributed by atoms with E-state index in [1.807, 2.05) is 55.5 Å². The Bertz CT molecular complexity index is 1610. The molecule has 0 N–H and O–H groups in total. The first-order chi connectivity index (χ1) is 22.3. The summed E-state index contributed by atoms with van der Waals surface area (Å²) in [6.45, 7) is 4.09. The van der Waals surface area contributed by atoms with Gasteiger partial charge in [-0.1, -0.05) is 79.7 Å². The molecule has 11 heteroatoms. The van der Waals surface area contributed by atoms with Crippen LogP contribution >= 0.6 is 11.8 Å². The van der Waals surface area contributed by atoms with E-state index in [-0.39, 0.29) is 30.8 Å². The lowest BCUT2D eigenvalue weighted by Crippen LogP contribution is -2.44. The molecule has 1 amide bonds. The molecule has 0 spiro atoms. The normalized spacial score (nSPS) is 15.4. The van der Waals surface area contributed by atoms with Crippen molar-refractivity contribution in [1.29, 1.82) is 0 Å². The summed E-state index contributed by atoms with van der Waals surface area (Å²) in [7, 11) is 1.65. The Morgan fingerprint density at radius 1 is 1.02 bits per heavy atom. The number of aromatic nitrogens is 2. The van der Waals surface area contributed by atoms with E-state index in [4.69, 9.17) is 9.47 Å². The van der Waals surface area contributed by atoms with Crippen LogP contribution in [0.25, 0.3) is 0 Å². The van der Waals surface area contributed by atoms with Gasteiger partial charge < -0.3 is 24.5 Å². The van der Waals surface area contributed by atoms with Crippen molar-refractivity contribution >= 4 is 29.5 Å². The van der Waals surface area contributed by atoms with E-state index in [0.717, 1.165) is 22.4 Å². The number of hydrogen-bond acceptors (Lipinski definition) is 8. The quantitative estimate of drug-likeness (QED) is 0.0754. The molecule has 5 rings (SSSR count). The van der Waals surface area contributed by atoms with E-state index in [1.165, 1.54) is 10.8 Å². The minimum absolute atomic E-state index is 0.0562. The number of amides is 1. The summed E-state index contributed by atoms with van der Waals surface area (Å²) in [5.41, 5.74) is 3.24. The first-order valence-electron chi connectivity index (χ1n) is 15.3. The van der Waals surface area contributed by atoms with Gasteiger partial charge in [0.2, 0.25) is 5.91 Å². The molecule has 2 heterocycles. The molecule has 3 aromatic carbocycles. The van der Waals surface area contributed by atoms with Crippen molar-refractivity contribution in [2.24, 2.45) is 5.92 Å². The van der Waals surface area contributed by atoms with Gasteiger partial charge in [0, 0.05) is 25.1 Å². The van der Waals surface area contributed by atoms with E-state index in [9.17, 15) is 19.7 Å². The SMILES string of the molecule is COc1ccc(C(SC[C@@H](C)C(=O)N2CCC[C@H]2C(=O)OCCn2c([N+](=O)[O-])cnc2C)(c2ccccc2)c2ccccc2)cc1. The van der Waals surface area contributed by atoms with Gasteiger partial charge in [-0.15, -0.1) is 11.8 Å². The van der Waals surface area contributed by atoms with Crippen LogP contribution in [0.3, 0.4) is 0 Å². The van der Waals surface area contributed by atoms with Crippen LogP contribution in [0.15, 0.2) is 91.1 Å². The predicted octanol–water partition coefficient (Wildman–Crippen LogP) is 6.00. The van der Waals surface area contributed by atoms with Crippen LogP contribution in [-0.2, 0) is 25.6 Å². The molecule has 0 saturated carbocycles. The van der Waals surface area contributed by atoms with Crippen molar-refractivity contribution in [3.8, 4) is 5.75 Å². The van der Waals surface area contributed by atoms with Gasteiger partial charge in [-0.2, -0.15) is 0 Å². The number of methoxy groups -OCH3 is 1. The molecule has 240 valence electrons. The van der Waals surface area contributed by atoms with Crippen LogP contribution in [0, 0.1) is 23.0 Å². The Hall–Kier alpha value is -4.64. The highest BCUT2D eigenvalue weighted by Crippen LogP contribution is 2.49. The Kier molecular flexibility index (Phi) is 10.4. The van der Waals surface area contributed by atoms with Crippen molar-refractivity contribution in [2.45, 2.75) is 44.0 Å². The second-order valence-electron chi connectivity index (χ2n) is 11.3. The van der Waals surface area contributed by atoms with Crippen LogP contribution in [0.2, 0.25) is 0 Å². The van der Waals surface area contributed by atoms with Crippen LogP contribution in [0.1, 0.15) is 42.3 Å². The maximum atomic E-state index is 13.9. The smallest absolute Gasteiger partial charge is 0.342 e. The lowest BCUT2D eigenvalue weighted by molar-refractivity contribution is -0.392. The molecule has 1 aromatic heterocycles. The zero-order valence-corrected chi connectivity index (χ0v) is 27.0. The highest BCUT2D eigenvalue weighted by atomic mass is 32.2. The standard InChI is InChI=1S/C35H38N4O6S/c1-25(33(40)38-20-10-15-31(38)34(41)45-22-21-37-26(2)36-23-32(37)39(42)43)24-46-35(27-11-6-4-7-12-27,28-13-8-5-9-14-28)29-16-18-30(44-3)19-17-29/h4-9,11-14,16-19,23,25,31H,10,15,20-22,24H2,1-3H3/t25-,31+/m1/s1. The van der Waals surface area contributed by atoms with Crippen LogP contribution < -0.4 is 4.74 Å². The van der Waals surface area contributed by atoms with Crippen LogP contribution in [-0.4, -0.2) is 63.3 Å². The molecular formula is C35H38N4O6S. The molecule has 0 bridgehead atoms. The summed E-state index contributed by atoms with van der Waals surface area (Å²) in [5.74, 6) is 0.580. The Morgan fingerprint density at radius 2 is 1.63 bits per heavy atom. The van der Waals surface area contributed by atoms with Crippen LogP contribution in [0.5, 0.6) is 5.75 Å². The Balaban J connectivity index is 1.33. The first-order valence-corrected chi connectivity index (χ1v) is 16.3. The fourth-order valence-electron chi connectivity index (χ4n) is 6.01. The van der Waals surface area contributed by atoms with E-state index >= 15 is 0 Å². The Morgan fingerprint density at radius 3 is 2.22 bits per heavy atom. The third kappa shape index (κ3) is 6.79. The van der Waals surface area contributed by atoms with Gasteiger partial charge in [0.25, 0.3) is 0 Å². The summed E-state index contributed by atoms with van der Waals surface area (Å²) in [4.78, 5) is 43.4. The molecule has 1 aliphatic rings. The van der Waals surface area contributed by atoms with Crippen molar-refractivity contribution in [1.82, 2.24) is 14.5 Å². The fraction of sp³-hybridized carbons (Fsp3) is 0.343. The molecule has 0 radical (unpaired) electrons. The van der Waals surface area contributed by atoms with E-state index in [0.29, 0.717) is 31.0 Å². The molecule has 0 unspecified atom stereocenters. The maximum absolute atomic E-state index is 13.9. The largest absolute Gasteiger partial charge is 0.497 e. The van der Waals surface area contributed by atoms with E-state index in [2.05, 4.69) is 41.4 Å². The lowest BCUT2D eigenvalue weighted by Gasteiger charge is -2.36. The number of hydrogen-bond donors (Lipinski definition) is 0. The monoisotopic (exact) mass is 642 g/mol. The van der Waals surface area contributed by atoms with Gasteiger partial charge in [0.15, 0.2) is 5.82 Å². The van der Waals surface area contributed by atoms with E-state index in [1.54, 1.807) is 30.7 Å². The number of thioether (sulfide) groups is 1. The number of benzene rings is 3. The van der Waals surface area contributed by atoms with Gasteiger partial charge in [0.05, 0.1) is 11.9 Å². The number of carbonyl (C=O) groups excluding carboxylic acids is 2. The zero-order chi connectivity index (χ0) is 32.7. The van der Waals surface area contributed by atoms with Crippen LogP contribution in [0.4, 0.5) is 5.82 Å². The number of esters is 1. The number of likely N-dealkylation sites (tertiary alicyclic amines) is 1. The summed E-state index contributed by atoms with van der Waals surface area (Å²) >= 11 is 1.70. The molecule has 46 heavy (non-hydrogen) atoms. The predicted molar refractivity (Wildman–Crippen MR) is 177 cm³/mol. The third-order valence-corrected chi connectivity index (χ3v) is 10.2. The van der Waals surface area contributed by atoms with Gasteiger partial charge in [-0.05, 0) is 46.6 Å².